The second-order valence-corrected chi connectivity index (χ2v) is 10.4. The van der Waals surface area contributed by atoms with Crippen LogP contribution in [0.1, 0.15) is 82.4 Å². The predicted octanol–water partition coefficient (Wildman–Crippen LogP) is 5.84. The number of benzene rings is 2. The molecule has 0 aliphatic heterocycles. The Morgan fingerprint density at radius 1 is 0.972 bits per heavy atom. The third kappa shape index (κ3) is 7.17. The lowest BCUT2D eigenvalue weighted by Crippen LogP contribution is -2.53. The molecule has 2 N–H and O–H groups in total. The average Bonchev–Trinajstić information content (AvgIpc) is 3.38. The molecule has 4 rings (SSSR count). The second-order valence-electron chi connectivity index (χ2n) is 9.47. The number of carbonyl (C=O) groups excluding carboxylic acids is 2. The van der Waals surface area contributed by atoms with Crippen LogP contribution in [0, 0.1) is 6.92 Å². The lowest BCUT2D eigenvalue weighted by molar-refractivity contribution is 0.0860. The Bertz CT molecular complexity index is 1140. The molecule has 190 valence electrons. The molecule has 3 aromatic rings. The summed E-state index contributed by atoms with van der Waals surface area (Å²) in [6, 6.07) is 15.5. The summed E-state index contributed by atoms with van der Waals surface area (Å²) in [7, 11) is 0. The number of nitrogens with zero attached hydrogens (tertiary/aromatic N) is 1. The molecule has 1 aliphatic rings. The van der Waals surface area contributed by atoms with Crippen LogP contribution in [0.2, 0.25) is 0 Å². The summed E-state index contributed by atoms with van der Waals surface area (Å²) in [6.45, 7) is 4.53. The van der Waals surface area contributed by atoms with E-state index in [1.165, 1.54) is 22.5 Å². The van der Waals surface area contributed by atoms with Gasteiger partial charge in [0.1, 0.15) is 23.1 Å². The van der Waals surface area contributed by atoms with Gasteiger partial charge in [-0.1, -0.05) is 56.0 Å². The number of ether oxygens (including phenoxy) is 1. The standard InChI is InChI=1S/C29H35N3O3S/c1-3-4-7-21-12-14-22(15-13-21)28(33)31-24-8-5-6-9-25(24)32-29(34)26-19-36-27(30-26)18-35-23-16-10-20(2)11-17-23/h10-17,19,24-25H,3-9,18H2,1-2H3,(H,31,33)(H,32,34)/t24-,25+/m0/s1. The van der Waals surface area contributed by atoms with E-state index in [9.17, 15) is 9.59 Å². The lowest BCUT2D eigenvalue weighted by Gasteiger charge is -2.32. The van der Waals surface area contributed by atoms with Crippen LogP contribution in [0.3, 0.4) is 0 Å². The quantitative estimate of drug-likeness (QED) is 0.363. The third-order valence-corrected chi connectivity index (χ3v) is 7.42. The van der Waals surface area contributed by atoms with Crippen LogP contribution in [0.15, 0.2) is 53.9 Å². The molecule has 2 atom stereocenters. The number of aromatic nitrogens is 1. The lowest BCUT2D eigenvalue weighted by atomic mass is 9.90. The molecule has 0 unspecified atom stereocenters. The summed E-state index contributed by atoms with van der Waals surface area (Å²) < 4.78 is 5.79. The summed E-state index contributed by atoms with van der Waals surface area (Å²) in [4.78, 5) is 30.3. The summed E-state index contributed by atoms with van der Waals surface area (Å²) in [5, 5.41) is 8.79. The zero-order valence-electron chi connectivity index (χ0n) is 21.1. The Kier molecular flexibility index (Phi) is 9.11. The number of aryl methyl sites for hydroxylation is 2. The molecule has 2 amide bonds. The topological polar surface area (TPSA) is 80.3 Å². The summed E-state index contributed by atoms with van der Waals surface area (Å²) in [5.41, 5.74) is 3.47. The van der Waals surface area contributed by atoms with Gasteiger partial charge in [-0.15, -0.1) is 11.3 Å². The van der Waals surface area contributed by atoms with E-state index in [4.69, 9.17) is 4.74 Å². The number of carbonyl (C=O) groups is 2. The van der Waals surface area contributed by atoms with Gasteiger partial charge < -0.3 is 15.4 Å². The number of hydrogen-bond acceptors (Lipinski definition) is 5. The molecular weight excluding hydrogens is 470 g/mol. The monoisotopic (exact) mass is 505 g/mol. The van der Waals surface area contributed by atoms with Crippen molar-refractivity contribution in [2.45, 2.75) is 77.5 Å². The van der Waals surface area contributed by atoms with Crippen LogP contribution in [0.5, 0.6) is 5.75 Å². The zero-order chi connectivity index (χ0) is 25.3. The largest absolute Gasteiger partial charge is 0.486 e. The number of hydrogen-bond donors (Lipinski definition) is 2. The van der Waals surface area contributed by atoms with E-state index >= 15 is 0 Å². The molecule has 7 heteroatoms. The van der Waals surface area contributed by atoms with Crippen LogP contribution in [-0.4, -0.2) is 28.9 Å². The molecule has 0 spiro atoms. The smallest absolute Gasteiger partial charge is 0.271 e. The normalized spacial score (nSPS) is 17.4. The first kappa shape index (κ1) is 25.9. The Balaban J connectivity index is 1.31. The zero-order valence-corrected chi connectivity index (χ0v) is 21.9. The number of unbranched alkanes of at least 4 members (excludes halogenated alkanes) is 1. The van der Waals surface area contributed by atoms with Crippen molar-refractivity contribution in [3.05, 3.63) is 81.3 Å². The van der Waals surface area contributed by atoms with Gasteiger partial charge in [-0.3, -0.25) is 9.59 Å². The van der Waals surface area contributed by atoms with Crippen molar-refractivity contribution in [1.82, 2.24) is 15.6 Å². The van der Waals surface area contributed by atoms with Gasteiger partial charge in [0.05, 0.1) is 0 Å². The first-order valence-corrected chi connectivity index (χ1v) is 13.7. The Hall–Kier alpha value is -3.19. The van der Waals surface area contributed by atoms with Crippen LogP contribution in [-0.2, 0) is 13.0 Å². The average molecular weight is 506 g/mol. The van der Waals surface area contributed by atoms with Gasteiger partial charge in [0.2, 0.25) is 0 Å². The third-order valence-electron chi connectivity index (χ3n) is 6.60. The van der Waals surface area contributed by atoms with Gasteiger partial charge in [0, 0.05) is 23.0 Å². The highest BCUT2D eigenvalue weighted by Crippen LogP contribution is 2.21. The van der Waals surface area contributed by atoms with Crippen molar-refractivity contribution in [2.75, 3.05) is 0 Å². The minimum absolute atomic E-state index is 0.0904. The van der Waals surface area contributed by atoms with Crippen LogP contribution >= 0.6 is 11.3 Å². The summed E-state index contributed by atoms with van der Waals surface area (Å²) in [6.07, 6.45) is 7.07. The fourth-order valence-corrected chi connectivity index (χ4v) is 5.12. The van der Waals surface area contributed by atoms with Crippen molar-refractivity contribution >= 4 is 23.2 Å². The van der Waals surface area contributed by atoms with E-state index in [-0.39, 0.29) is 23.9 Å². The molecular formula is C29H35N3O3S. The number of nitrogens with one attached hydrogen (secondary N) is 2. The SMILES string of the molecule is CCCCc1ccc(C(=O)N[C@H]2CCCC[C@H]2NC(=O)c2csc(COc3ccc(C)cc3)n2)cc1. The highest BCUT2D eigenvalue weighted by Gasteiger charge is 2.29. The maximum Gasteiger partial charge on any atom is 0.271 e. The van der Waals surface area contributed by atoms with E-state index in [0.717, 1.165) is 55.7 Å². The molecule has 0 radical (unpaired) electrons. The maximum absolute atomic E-state index is 12.9. The molecule has 1 aromatic heterocycles. The van der Waals surface area contributed by atoms with Crippen molar-refractivity contribution in [3.63, 3.8) is 0 Å². The molecule has 1 fully saturated rings. The van der Waals surface area contributed by atoms with Crippen molar-refractivity contribution in [2.24, 2.45) is 0 Å². The first-order chi connectivity index (χ1) is 17.5. The molecule has 1 heterocycles. The van der Waals surface area contributed by atoms with Crippen LogP contribution in [0.25, 0.3) is 0 Å². The molecule has 1 aliphatic carbocycles. The molecule has 0 bridgehead atoms. The minimum atomic E-state index is -0.209. The Morgan fingerprint density at radius 2 is 1.64 bits per heavy atom. The maximum atomic E-state index is 12.9. The van der Waals surface area contributed by atoms with Crippen molar-refractivity contribution in [3.8, 4) is 5.75 Å². The van der Waals surface area contributed by atoms with Crippen LogP contribution in [0.4, 0.5) is 0 Å². The molecule has 0 saturated heterocycles. The van der Waals surface area contributed by atoms with E-state index in [1.807, 2.05) is 55.5 Å². The van der Waals surface area contributed by atoms with E-state index in [1.54, 1.807) is 5.38 Å². The van der Waals surface area contributed by atoms with Gasteiger partial charge in [-0.2, -0.15) is 0 Å². The van der Waals surface area contributed by atoms with E-state index in [2.05, 4.69) is 22.5 Å². The van der Waals surface area contributed by atoms with Gasteiger partial charge >= 0.3 is 0 Å². The van der Waals surface area contributed by atoms with Gasteiger partial charge in [0.15, 0.2) is 0 Å². The summed E-state index contributed by atoms with van der Waals surface area (Å²) in [5.74, 6) is 0.477. The van der Waals surface area contributed by atoms with Crippen LogP contribution < -0.4 is 15.4 Å². The number of rotatable bonds is 10. The van der Waals surface area contributed by atoms with Gasteiger partial charge in [0.25, 0.3) is 11.8 Å². The molecule has 6 nitrogen and oxygen atoms in total. The predicted molar refractivity (Wildman–Crippen MR) is 144 cm³/mol. The highest BCUT2D eigenvalue weighted by atomic mass is 32.1. The van der Waals surface area contributed by atoms with Gasteiger partial charge in [-0.25, -0.2) is 4.98 Å². The van der Waals surface area contributed by atoms with Crippen molar-refractivity contribution < 1.29 is 14.3 Å². The summed E-state index contributed by atoms with van der Waals surface area (Å²) >= 11 is 1.41. The minimum Gasteiger partial charge on any atom is -0.486 e. The Labute approximate surface area is 217 Å². The number of thiazole rings is 1. The van der Waals surface area contributed by atoms with Gasteiger partial charge in [-0.05, 0) is 62.4 Å². The van der Waals surface area contributed by atoms with E-state index in [0.29, 0.717) is 17.9 Å². The van der Waals surface area contributed by atoms with E-state index < -0.39 is 0 Å². The molecule has 36 heavy (non-hydrogen) atoms. The number of amides is 2. The fourth-order valence-electron chi connectivity index (χ4n) is 4.44. The molecule has 1 saturated carbocycles. The molecule has 2 aromatic carbocycles. The van der Waals surface area contributed by atoms with Crippen molar-refractivity contribution in [1.29, 1.82) is 0 Å². The highest BCUT2D eigenvalue weighted by molar-refractivity contribution is 7.09. The first-order valence-electron chi connectivity index (χ1n) is 12.9. The fraction of sp³-hybridized carbons (Fsp3) is 0.414. The second kappa shape index (κ2) is 12.7. The Morgan fingerprint density at radius 3 is 2.31 bits per heavy atom.